The fourth-order valence-corrected chi connectivity index (χ4v) is 11.6. The van der Waals surface area contributed by atoms with Crippen molar-refractivity contribution in [2.24, 2.45) is 0 Å². The molecule has 0 unspecified atom stereocenters. The van der Waals surface area contributed by atoms with Crippen molar-refractivity contribution in [2.75, 3.05) is 136 Å². The number of pyridine rings is 6. The number of anilines is 7. The van der Waals surface area contributed by atoms with Crippen LogP contribution in [0.1, 0.15) is 198 Å². The van der Waals surface area contributed by atoms with Gasteiger partial charge in [-0.15, -0.1) is 0 Å². The van der Waals surface area contributed by atoms with Gasteiger partial charge in [0.1, 0.15) is 51.1 Å². The van der Waals surface area contributed by atoms with E-state index in [-0.39, 0.29) is 0 Å². The molecule has 0 spiro atoms. The van der Waals surface area contributed by atoms with Gasteiger partial charge in [0.25, 0.3) is 0 Å². The Balaban J connectivity index is 0.000000651. The van der Waals surface area contributed by atoms with E-state index >= 15 is 0 Å². The van der Waals surface area contributed by atoms with Gasteiger partial charge in [-0.2, -0.15) is 0 Å². The van der Waals surface area contributed by atoms with Gasteiger partial charge in [0.2, 0.25) is 5.88 Å². The molecule has 10 aromatic rings. The number of hydrogen-bond acceptors (Lipinski definition) is 21. The van der Waals surface area contributed by atoms with Gasteiger partial charge >= 0.3 is 0 Å². The average molecular weight is 1650 g/mol. The number of ether oxygens (including phenoxy) is 7. The van der Waals surface area contributed by atoms with Crippen molar-refractivity contribution in [1.29, 1.82) is 0 Å². The number of fused-ring (bicyclic) bond motifs is 10. The first-order valence-corrected chi connectivity index (χ1v) is 44.9. The molecule has 0 amide bonds. The number of aromatic nitrogens is 6. The number of rotatable bonds is 0. The average Bonchev–Trinajstić information content (AvgIpc) is 0.962. The molecule has 0 bridgehead atoms. The highest BCUT2D eigenvalue weighted by molar-refractivity contribution is 5.69. The van der Waals surface area contributed by atoms with E-state index in [9.17, 15) is 0 Å². The minimum Gasteiger partial charge on any atom is -0.493 e. The fourth-order valence-electron chi connectivity index (χ4n) is 11.6. The Morgan fingerprint density at radius 2 is 0.650 bits per heavy atom. The zero-order chi connectivity index (χ0) is 88.1. The summed E-state index contributed by atoms with van der Waals surface area (Å²) in [6, 6.07) is 52.3. The van der Waals surface area contributed by atoms with Gasteiger partial charge in [0.15, 0.2) is 28.8 Å². The van der Waals surface area contributed by atoms with Crippen molar-refractivity contribution in [2.45, 2.75) is 203 Å². The number of benzene rings is 4. The molecule has 21 heteroatoms. The molecule has 0 radical (unpaired) electrons. The number of nitrogens with zero attached hydrogens (tertiary/aromatic N) is 6. The quantitative estimate of drug-likeness (QED) is 0.0704. The largest absolute Gasteiger partial charge is 0.493 e. The SMILES string of the molecule is CC.CC.CC.CC.CC.CC.CC.CC.CC.CC.c1cc2c(cn1)NCCN2.c1cc2c(cn1)OCCN2.c1ccc2c(c1)CCCN2.c1ccc2c(c1)CCCO2.c1ccc2c(c1)NCCO2.c1ccc2c(c1)OCCO2.c1cnc2c(c1)CCCC2.c1cnc2c(c1)CNCC2.c1cnc2c(c1)NCCO2.c1cnc2c(c1)OCCN2. The van der Waals surface area contributed by atoms with Crippen molar-refractivity contribution >= 4 is 39.9 Å². The lowest BCUT2D eigenvalue weighted by atomic mass is 9.96. The molecule has 0 atom stereocenters. The third-order valence-electron chi connectivity index (χ3n) is 16.6. The molecule has 15 heterocycles. The van der Waals surface area contributed by atoms with Crippen LogP contribution in [0, 0.1) is 0 Å². The first-order chi connectivity index (χ1) is 59.7. The van der Waals surface area contributed by atoms with Crippen molar-refractivity contribution in [3.63, 3.8) is 0 Å². The lowest BCUT2D eigenvalue weighted by molar-refractivity contribution is 0.171. The number of nitrogens with one attached hydrogen (secondary N) is 8. The third-order valence-corrected chi connectivity index (χ3v) is 16.6. The van der Waals surface area contributed by atoms with Crippen LogP contribution in [0.4, 0.5) is 39.9 Å². The third kappa shape index (κ3) is 42.1. The molecule has 1 aliphatic carbocycles. The Morgan fingerprint density at radius 1 is 0.233 bits per heavy atom. The zero-order valence-electron chi connectivity index (χ0n) is 76.8. The van der Waals surface area contributed by atoms with E-state index in [2.05, 4.69) is 121 Å². The van der Waals surface area contributed by atoms with Gasteiger partial charge in [-0.25, -0.2) is 9.97 Å². The minimum absolute atomic E-state index is 0.664. The van der Waals surface area contributed by atoms with Crippen LogP contribution in [-0.4, -0.2) is 129 Å². The Labute approximate surface area is 724 Å². The molecule has 4 aromatic carbocycles. The molecule has 0 saturated carbocycles. The smallest absolute Gasteiger partial charge is 0.237 e. The Bertz CT molecular complexity index is 2960. The molecule has 0 saturated heterocycles. The fraction of sp³-hybridized carbons (Fsp3) is 0.455. The maximum atomic E-state index is 5.42. The molecular weight excluding hydrogens is 1500 g/mol. The van der Waals surface area contributed by atoms with Gasteiger partial charge < -0.3 is 75.7 Å². The summed E-state index contributed by atoms with van der Waals surface area (Å²) in [6.07, 6.45) is 25.4. The summed E-state index contributed by atoms with van der Waals surface area (Å²) >= 11 is 0. The van der Waals surface area contributed by atoms with Crippen molar-refractivity contribution < 1.29 is 33.2 Å². The number of aryl methyl sites for hydroxylation is 4. The molecule has 120 heavy (non-hydrogen) atoms. The van der Waals surface area contributed by atoms with E-state index in [1.54, 1.807) is 31.0 Å². The van der Waals surface area contributed by atoms with E-state index in [0.29, 0.717) is 25.7 Å². The molecule has 20 rings (SSSR count). The summed E-state index contributed by atoms with van der Waals surface area (Å²) < 4.78 is 37.2. The van der Waals surface area contributed by atoms with Crippen LogP contribution in [0.15, 0.2) is 207 Å². The monoisotopic (exact) mass is 1650 g/mol. The summed E-state index contributed by atoms with van der Waals surface area (Å²) in [7, 11) is 0. The maximum Gasteiger partial charge on any atom is 0.237 e. The molecular formula is C99H152N14O7. The minimum atomic E-state index is 0.664. The number of para-hydroxylation sites is 6. The predicted molar refractivity (Wildman–Crippen MR) is 511 cm³/mol. The highest BCUT2D eigenvalue weighted by Crippen LogP contribution is 2.31. The van der Waals surface area contributed by atoms with Crippen molar-refractivity contribution in [3.05, 3.63) is 241 Å². The second-order valence-corrected chi connectivity index (χ2v) is 23.7. The van der Waals surface area contributed by atoms with E-state index in [0.717, 1.165) is 167 Å². The normalized spacial score (nSPS) is 13.2. The van der Waals surface area contributed by atoms with Gasteiger partial charge in [0.05, 0.1) is 54.0 Å². The molecule has 8 N–H and O–H groups in total. The highest BCUT2D eigenvalue weighted by atomic mass is 16.6. The summed E-state index contributed by atoms with van der Waals surface area (Å²) in [5.41, 5.74) is 15.0. The van der Waals surface area contributed by atoms with Crippen LogP contribution in [0.2, 0.25) is 0 Å². The van der Waals surface area contributed by atoms with Crippen LogP contribution in [0.5, 0.6) is 40.4 Å². The summed E-state index contributed by atoms with van der Waals surface area (Å²) in [5, 5.41) is 25.9. The predicted octanol–water partition coefficient (Wildman–Crippen LogP) is 23.5. The zero-order valence-corrected chi connectivity index (χ0v) is 76.8. The summed E-state index contributed by atoms with van der Waals surface area (Å²) in [4.78, 5) is 24.6. The topological polar surface area (TPSA) is 238 Å². The highest BCUT2D eigenvalue weighted by Gasteiger charge is 2.14. The summed E-state index contributed by atoms with van der Waals surface area (Å²) in [5.74, 6) is 7.04. The van der Waals surface area contributed by atoms with Crippen LogP contribution >= 0.6 is 0 Å². The molecule has 660 valence electrons. The lowest BCUT2D eigenvalue weighted by Gasteiger charge is -2.18. The molecule has 21 nitrogen and oxygen atoms in total. The van der Waals surface area contributed by atoms with Crippen LogP contribution in [0.25, 0.3) is 0 Å². The van der Waals surface area contributed by atoms with Crippen molar-refractivity contribution in [1.82, 2.24) is 35.2 Å². The Kier molecular flexibility index (Phi) is 66.2. The van der Waals surface area contributed by atoms with Crippen LogP contribution < -0.4 is 75.7 Å². The molecule has 9 aliphatic heterocycles. The Hall–Kier alpha value is -11.1. The van der Waals surface area contributed by atoms with Gasteiger partial charge in [-0.05, 0) is 159 Å². The first-order valence-electron chi connectivity index (χ1n) is 44.9. The van der Waals surface area contributed by atoms with Gasteiger partial charge in [0, 0.05) is 113 Å². The van der Waals surface area contributed by atoms with Crippen LogP contribution in [0.3, 0.4) is 0 Å². The molecule has 6 aromatic heterocycles. The van der Waals surface area contributed by atoms with Crippen molar-refractivity contribution in [3.8, 4) is 40.4 Å². The lowest BCUT2D eigenvalue weighted by Crippen LogP contribution is -2.24. The van der Waals surface area contributed by atoms with Gasteiger partial charge in [-0.3, -0.25) is 19.9 Å². The standard InChI is InChI=1S/2C9H11N.C9H10O.C8H10N2.C8H9NO.C8H8O2.C7H9N3.3C7H8N2O.10C2H6/c3*1-2-6-9-8(4-1)5-3-7-10-9;1-2-7-6-9-5-3-8(7)10-4-1;2*1-2-4-8-7(3-1)9-5-6-10-8;2*1-2-8-5-7-6(1)9-3-4-10-7;1-2-6-7(9-3-1)10-5-4-8-6;1-2-6-7(8-3-1)9-4-5-10-6;10*1-2/h3,5,7H,1-2,4,6H2;1-2,4,6,10H,3,5,7H2;1-2,4,6H,3,5,7H2;1-2,4,9H,3,5-6H2;1-4,9H,5-6H2;1-4H,5-6H2;1-2,5,9-10H,3-4H2;1-2,5,9H,3-4H2;1-3,8H,4-5H2;1-3H,4-5H2,(H,8,9);10*1-2H3. The first kappa shape index (κ1) is 107. The van der Waals surface area contributed by atoms with E-state index in [1.807, 2.05) is 266 Å². The molecule has 0 fully saturated rings. The van der Waals surface area contributed by atoms with Crippen LogP contribution in [-0.2, 0) is 38.6 Å². The second kappa shape index (κ2) is 74.2. The van der Waals surface area contributed by atoms with E-state index in [1.165, 1.54) is 84.3 Å². The number of hydrogen-bond donors (Lipinski definition) is 8. The van der Waals surface area contributed by atoms with E-state index in [4.69, 9.17) is 33.2 Å². The maximum absolute atomic E-state index is 5.42. The molecule has 10 aliphatic rings. The van der Waals surface area contributed by atoms with E-state index < -0.39 is 0 Å². The Morgan fingerprint density at radius 3 is 1.25 bits per heavy atom. The van der Waals surface area contributed by atoms with Gasteiger partial charge in [-0.1, -0.05) is 211 Å². The second-order valence-electron chi connectivity index (χ2n) is 23.7. The summed E-state index contributed by atoms with van der Waals surface area (Å²) in [6.45, 7) is 53.9.